The summed E-state index contributed by atoms with van der Waals surface area (Å²) in [5.41, 5.74) is 5.42. The molecule has 308 valence electrons. The molecular weight excluding hydrogens is 745 g/mol. The summed E-state index contributed by atoms with van der Waals surface area (Å²) in [5, 5.41) is 12.9. The second kappa shape index (κ2) is 21.1. The Morgan fingerprint density at radius 3 is 1.02 bits per heavy atom. The van der Waals surface area contributed by atoms with Crippen molar-refractivity contribution in [2.45, 2.75) is 13.8 Å². The Balaban J connectivity index is 0.000000221. The lowest BCUT2D eigenvalue weighted by atomic mass is 9.82. The van der Waals surface area contributed by atoms with Crippen molar-refractivity contribution in [2.24, 2.45) is 0 Å². The van der Waals surface area contributed by atoms with E-state index >= 15 is 0 Å². The number of carbonyl (C=O) groups excluding carboxylic acids is 4. The van der Waals surface area contributed by atoms with E-state index in [1.807, 2.05) is 32.0 Å². The highest BCUT2D eigenvalue weighted by Gasteiger charge is 2.36. The van der Waals surface area contributed by atoms with Crippen molar-refractivity contribution in [3.63, 3.8) is 0 Å². The molecule has 58 heavy (non-hydrogen) atoms. The van der Waals surface area contributed by atoms with Crippen LogP contribution in [0.3, 0.4) is 0 Å². The maximum Gasteiger partial charge on any atom is 0.196 e. The number of benzene rings is 4. The van der Waals surface area contributed by atoms with Crippen LogP contribution in [0.15, 0.2) is 60.7 Å². The van der Waals surface area contributed by atoms with E-state index in [1.54, 1.807) is 56.7 Å². The van der Waals surface area contributed by atoms with Gasteiger partial charge in [-0.1, -0.05) is 0 Å². The first-order valence-electron chi connectivity index (χ1n) is 19.2. The van der Waals surface area contributed by atoms with Gasteiger partial charge < -0.3 is 49.7 Å². The van der Waals surface area contributed by atoms with Crippen LogP contribution in [0.5, 0.6) is 11.5 Å². The van der Waals surface area contributed by atoms with Gasteiger partial charge in [0.05, 0.1) is 62.9 Å². The van der Waals surface area contributed by atoms with E-state index in [-0.39, 0.29) is 23.1 Å². The Hall–Kier alpha value is -5.80. The lowest BCUT2D eigenvalue weighted by Gasteiger charge is -2.24. The van der Waals surface area contributed by atoms with Gasteiger partial charge in [-0.25, -0.2) is 0 Å². The topological polar surface area (TPSA) is 172 Å². The number of hydrogen-bond donors (Lipinski definition) is 4. The number of ether oxygens (including phenoxy) is 6. The molecule has 6 rings (SSSR count). The van der Waals surface area contributed by atoms with Gasteiger partial charge in [0.2, 0.25) is 0 Å². The fraction of sp³-hybridized carbons (Fsp3) is 0.364. The zero-order valence-electron chi connectivity index (χ0n) is 33.9. The summed E-state index contributed by atoms with van der Waals surface area (Å²) < 4.78 is 31.4. The Labute approximate surface area is 338 Å². The van der Waals surface area contributed by atoms with E-state index in [0.717, 1.165) is 0 Å². The van der Waals surface area contributed by atoms with Crippen LogP contribution in [-0.4, -0.2) is 117 Å². The molecule has 0 unspecified atom stereocenters. The van der Waals surface area contributed by atoms with Crippen molar-refractivity contribution in [3.05, 3.63) is 105 Å². The summed E-state index contributed by atoms with van der Waals surface area (Å²) in [7, 11) is 6.28. The summed E-state index contributed by atoms with van der Waals surface area (Å²) in [5.74, 6) is 0.281. The molecule has 0 radical (unpaired) electrons. The van der Waals surface area contributed by atoms with E-state index in [9.17, 15) is 19.2 Å². The molecular formula is C44H52N4O10. The van der Waals surface area contributed by atoms with Crippen LogP contribution in [-0.2, 0) is 18.9 Å². The normalized spacial score (nSPS) is 12.4. The number of methoxy groups -OCH3 is 4. The van der Waals surface area contributed by atoms with Crippen LogP contribution >= 0.6 is 0 Å². The Kier molecular flexibility index (Phi) is 15.8. The van der Waals surface area contributed by atoms with E-state index in [0.29, 0.717) is 145 Å². The lowest BCUT2D eigenvalue weighted by Crippen LogP contribution is -2.25. The molecule has 0 heterocycles. The Morgan fingerprint density at radius 2 is 0.724 bits per heavy atom. The third-order valence-electron chi connectivity index (χ3n) is 9.53. The minimum Gasteiger partial charge on any atom is -0.497 e. The molecule has 0 saturated heterocycles. The summed E-state index contributed by atoms with van der Waals surface area (Å²) in [6, 6.07) is 17.2. The molecule has 0 fully saturated rings. The van der Waals surface area contributed by atoms with Crippen LogP contribution in [0.4, 0.5) is 22.7 Å². The first-order valence-corrected chi connectivity index (χ1v) is 19.2. The van der Waals surface area contributed by atoms with Crippen molar-refractivity contribution in [2.75, 3.05) is 116 Å². The Bertz CT molecular complexity index is 2120. The minimum absolute atomic E-state index is 0.186. The minimum atomic E-state index is -0.209. The van der Waals surface area contributed by atoms with Gasteiger partial charge in [0.15, 0.2) is 23.1 Å². The predicted molar refractivity (Wildman–Crippen MR) is 223 cm³/mol. The number of rotatable bonds is 20. The van der Waals surface area contributed by atoms with Crippen LogP contribution < -0.4 is 30.7 Å². The first kappa shape index (κ1) is 43.3. The smallest absolute Gasteiger partial charge is 0.196 e. The number of fused-ring (bicyclic) bond motifs is 4. The molecule has 2 aliphatic carbocycles. The van der Waals surface area contributed by atoms with Crippen LogP contribution in [0.25, 0.3) is 0 Å². The van der Waals surface area contributed by atoms with Crippen molar-refractivity contribution in [3.8, 4) is 11.5 Å². The number of hydrogen-bond acceptors (Lipinski definition) is 14. The molecule has 0 aliphatic heterocycles. The quantitative estimate of drug-likeness (QED) is 0.0668. The highest BCUT2D eigenvalue weighted by molar-refractivity contribution is 6.33. The zero-order chi connectivity index (χ0) is 41.6. The number of ketones is 4. The molecule has 0 bridgehead atoms. The highest BCUT2D eigenvalue weighted by atomic mass is 16.5. The van der Waals surface area contributed by atoms with Crippen molar-refractivity contribution in [1.29, 1.82) is 0 Å². The van der Waals surface area contributed by atoms with Gasteiger partial charge in [-0.3, -0.25) is 19.2 Å². The Morgan fingerprint density at radius 1 is 0.414 bits per heavy atom. The molecule has 0 amide bonds. The zero-order valence-corrected chi connectivity index (χ0v) is 33.9. The van der Waals surface area contributed by atoms with Gasteiger partial charge in [0.1, 0.15) is 11.5 Å². The van der Waals surface area contributed by atoms with Crippen molar-refractivity contribution < 1.29 is 47.6 Å². The molecule has 4 aromatic rings. The van der Waals surface area contributed by atoms with Gasteiger partial charge in [0, 0.05) is 98.6 Å². The summed E-state index contributed by atoms with van der Waals surface area (Å²) in [6.45, 7) is 9.19. The summed E-state index contributed by atoms with van der Waals surface area (Å²) in [4.78, 5) is 53.4. The monoisotopic (exact) mass is 796 g/mol. The summed E-state index contributed by atoms with van der Waals surface area (Å²) >= 11 is 0. The van der Waals surface area contributed by atoms with Crippen molar-refractivity contribution in [1.82, 2.24) is 0 Å². The van der Waals surface area contributed by atoms with Gasteiger partial charge in [0.25, 0.3) is 0 Å². The molecule has 0 saturated carbocycles. The third kappa shape index (κ3) is 9.65. The van der Waals surface area contributed by atoms with E-state index in [4.69, 9.17) is 28.4 Å². The van der Waals surface area contributed by atoms with Crippen LogP contribution in [0.1, 0.15) is 77.5 Å². The fourth-order valence-corrected chi connectivity index (χ4v) is 6.73. The SMILES string of the molecule is CCOCCNc1ccc(NCCOCC)c2c1C(=O)c1ccc(OC)cc1C2=O.COCCNc1ccc(NCCOC)c2c1C(=O)c1ccc(OC)cc1C2=O. The third-order valence-corrected chi connectivity index (χ3v) is 9.53. The van der Waals surface area contributed by atoms with Gasteiger partial charge in [-0.2, -0.15) is 0 Å². The largest absolute Gasteiger partial charge is 0.497 e. The second-order valence-electron chi connectivity index (χ2n) is 13.0. The van der Waals surface area contributed by atoms with Gasteiger partial charge in [-0.15, -0.1) is 0 Å². The van der Waals surface area contributed by atoms with Crippen LogP contribution in [0.2, 0.25) is 0 Å². The predicted octanol–water partition coefficient (Wildman–Crippen LogP) is 5.95. The molecule has 0 spiro atoms. The molecule has 0 atom stereocenters. The average Bonchev–Trinajstić information content (AvgIpc) is 3.25. The number of nitrogens with one attached hydrogen (secondary N) is 4. The standard InChI is InChI=1S/C23H28N2O5.C21H24N2O5/c1-4-29-12-10-24-18-8-9-19(25-11-13-30-5-2)21-20(18)22(26)16-7-6-15(28-3)14-17(16)23(21)27;1-26-10-8-22-16-6-7-17(23-9-11-27-2)19-18(16)20(24)14-5-4-13(28-3)12-15(14)21(19)25/h6-9,14,24-25H,4-5,10-13H2,1-3H3;4-7,12,22-23H,8-11H2,1-3H3. The van der Waals surface area contributed by atoms with Gasteiger partial charge in [-0.05, 0) is 74.5 Å². The molecule has 4 aromatic carbocycles. The second-order valence-corrected chi connectivity index (χ2v) is 13.0. The molecule has 2 aliphatic rings. The molecule has 14 heteroatoms. The lowest BCUT2D eigenvalue weighted by molar-refractivity contribution is 0.0980. The summed E-state index contributed by atoms with van der Waals surface area (Å²) in [6.07, 6.45) is 0. The molecule has 4 N–H and O–H groups in total. The molecule has 14 nitrogen and oxygen atoms in total. The van der Waals surface area contributed by atoms with E-state index < -0.39 is 0 Å². The van der Waals surface area contributed by atoms with Crippen LogP contribution in [0, 0.1) is 0 Å². The highest BCUT2D eigenvalue weighted by Crippen LogP contribution is 2.39. The van der Waals surface area contributed by atoms with Gasteiger partial charge >= 0.3 is 0 Å². The first-order chi connectivity index (χ1) is 28.2. The molecule has 0 aromatic heterocycles. The van der Waals surface area contributed by atoms with E-state index in [2.05, 4.69) is 21.3 Å². The number of anilines is 4. The van der Waals surface area contributed by atoms with E-state index in [1.165, 1.54) is 14.2 Å². The number of carbonyl (C=O) groups is 4. The maximum atomic E-state index is 13.4. The average molecular weight is 797 g/mol. The maximum absolute atomic E-state index is 13.4. The van der Waals surface area contributed by atoms with Crippen molar-refractivity contribution >= 4 is 45.9 Å². The fourth-order valence-electron chi connectivity index (χ4n) is 6.73.